The van der Waals surface area contributed by atoms with Crippen molar-refractivity contribution in [2.75, 3.05) is 0 Å². The Labute approximate surface area is 91.5 Å². The minimum atomic E-state index is 0.941. The van der Waals surface area contributed by atoms with Gasteiger partial charge < -0.3 is 0 Å². The topological polar surface area (TPSA) is 0 Å². The van der Waals surface area contributed by atoms with Gasteiger partial charge in [-0.15, -0.1) is 0 Å². The van der Waals surface area contributed by atoms with Crippen LogP contribution in [0.25, 0.3) is 0 Å². The van der Waals surface area contributed by atoms with Crippen molar-refractivity contribution < 1.29 is 0 Å². The van der Waals surface area contributed by atoms with E-state index in [0.29, 0.717) is 0 Å². The number of unbranched alkanes of at least 4 members (excludes halogenated alkanes) is 1. The lowest BCUT2D eigenvalue weighted by Gasteiger charge is -2.17. The lowest BCUT2D eigenvalue weighted by Crippen LogP contribution is -2.03. The highest BCUT2D eigenvalue weighted by molar-refractivity contribution is 4.61. The molecule has 0 aromatic carbocycles. The van der Waals surface area contributed by atoms with Crippen LogP contribution in [0.4, 0.5) is 0 Å². The van der Waals surface area contributed by atoms with E-state index in [1.807, 2.05) is 0 Å². The molecule has 0 bridgehead atoms. The molecule has 0 aliphatic carbocycles. The first-order valence-corrected chi connectivity index (χ1v) is 6.74. The van der Waals surface area contributed by atoms with E-state index in [1.54, 1.807) is 0 Å². The monoisotopic (exact) mass is 198 g/mol. The Balaban J connectivity index is 3.60. The molecule has 0 aromatic rings. The van der Waals surface area contributed by atoms with E-state index in [0.717, 1.165) is 11.8 Å². The molecule has 0 spiro atoms. The second-order valence-electron chi connectivity index (χ2n) is 4.89. The van der Waals surface area contributed by atoms with Gasteiger partial charge in [-0.05, 0) is 11.8 Å². The summed E-state index contributed by atoms with van der Waals surface area (Å²) in [7, 11) is 0. The summed E-state index contributed by atoms with van der Waals surface area (Å²) in [4.78, 5) is 0. The van der Waals surface area contributed by atoms with E-state index in [-0.39, 0.29) is 0 Å². The van der Waals surface area contributed by atoms with Crippen LogP contribution in [0.1, 0.15) is 79.1 Å². The summed E-state index contributed by atoms with van der Waals surface area (Å²) in [5.74, 6) is 1.96. The Hall–Kier alpha value is 0. The fourth-order valence-electron chi connectivity index (χ4n) is 2.06. The van der Waals surface area contributed by atoms with Crippen molar-refractivity contribution in [3.05, 3.63) is 0 Å². The van der Waals surface area contributed by atoms with Crippen LogP contribution in [0.3, 0.4) is 0 Å². The van der Waals surface area contributed by atoms with Crippen molar-refractivity contribution in [1.82, 2.24) is 0 Å². The van der Waals surface area contributed by atoms with Crippen molar-refractivity contribution in [3.8, 4) is 0 Å². The zero-order chi connectivity index (χ0) is 10.8. The summed E-state index contributed by atoms with van der Waals surface area (Å²) < 4.78 is 0. The molecule has 0 fully saturated rings. The smallest absolute Gasteiger partial charge is 0.0414 e. The maximum absolute atomic E-state index is 2.39. The van der Waals surface area contributed by atoms with Gasteiger partial charge in [-0.3, -0.25) is 0 Å². The summed E-state index contributed by atoms with van der Waals surface area (Å²) in [6.45, 7) is 9.33. The molecule has 0 saturated carbocycles. The third kappa shape index (κ3) is 7.41. The van der Waals surface area contributed by atoms with Gasteiger partial charge in [0, 0.05) is 0 Å². The number of hydrogen-bond acceptors (Lipinski definition) is 0. The predicted octanol–water partition coefficient (Wildman–Crippen LogP) is 5.42. The molecule has 2 atom stereocenters. The number of rotatable bonds is 9. The molecule has 14 heavy (non-hydrogen) atoms. The van der Waals surface area contributed by atoms with E-state index in [9.17, 15) is 0 Å². The van der Waals surface area contributed by atoms with Gasteiger partial charge in [-0.25, -0.2) is 0 Å². The normalized spacial score (nSPS) is 15.4. The highest BCUT2D eigenvalue weighted by Crippen LogP contribution is 2.23. The summed E-state index contributed by atoms with van der Waals surface area (Å²) in [5.41, 5.74) is 0. The largest absolute Gasteiger partial charge is 0.0654 e. The first kappa shape index (κ1) is 14.0. The molecule has 0 radical (unpaired) electrons. The Morgan fingerprint density at radius 2 is 1.50 bits per heavy atom. The van der Waals surface area contributed by atoms with E-state index < -0.39 is 0 Å². The zero-order valence-electron chi connectivity index (χ0n) is 10.8. The van der Waals surface area contributed by atoms with Gasteiger partial charge in [0.2, 0.25) is 0 Å². The van der Waals surface area contributed by atoms with E-state index in [1.165, 1.54) is 51.4 Å². The number of hydrogen-bond donors (Lipinski definition) is 0. The highest BCUT2D eigenvalue weighted by atomic mass is 14.1. The first-order chi connectivity index (χ1) is 6.74. The molecule has 86 valence electrons. The van der Waals surface area contributed by atoms with Crippen molar-refractivity contribution in [3.63, 3.8) is 0 Å². The Bertz CT molecular complexity index is 107. The SMILES string of the molecule is CCCCC(CCC)CCC(C)CC. The van der Waals surface area contributed by atoms with Crippen LogP contribution >= 0.6 is 0 Å². The highest BCUT2D eigenvalue weighted by Gasteiger charge is 2.08. The van der Waals surface area contributed by atoms with Gasteiger partial charge in [0.25, 0.3) is 0 Å². The lowest BCUT2D eigenvalue weighted by molar-refractivity contribution is 0.355. The van der Waals surface area contributed by atoms with Crippen LogP contribution in [0.5, 0.6) is 0 Å². The molecule has 0 rings (SSSR count). The van der Waals surface area contributed by atoms with Crippen LogP contribution in [-0.4, -0.2) is 0 Å². The van der Waals surface area contributed by atoms with Gasteiger partial charge in [-0.2, -0.15) is 0 Å². The molecule has 0 aliphatic rings. The molecular weight excluding hydrogens is 168 g/mol. The molecule has 0 saturated heterocycles. The van der Waals surface area contributed by atoms with E-state index in [2.05, 4.69) is 27.7 Å². The molecule has 0 N–H and O–H groups in total. The van der Waals surface area contributed by atoms with Gasteiger partial charge in [-0.1, -0.05) is 79.1 Å². The summed E-state index contributed by atoms with van der Waals surface area (Å²) in [6, 6.07) is 0. The fourth-order valence-corrected chi connectivity index (χ4v) is 2.06. The van der Waals surface area contributed by atoms with Crippen LogP contribution < -0.4 is 0 Å². The second-order valence-corrected chi connectivity index (χ2v) is 4.89. The Morgan fingerprint density at radius 3 is 2.00 bits per heavy atom. The third-order valence-corrected chi connectivity index (χ3v) is 3.43. The molecule has 0 heteroatoms. The molecule has 2 unspecified atom stereocenters. The second kappa shape index (κ2) is 9.55. The average Bonchev–Trinajstić information content (AvgIpc) is 2.21. The van der Waals surface area contributed by atoms with Gasteiger partial charge in [0.05, 0.1) is 0 Å². The summed E-state index contributed by atoms with van der Waals surface area (Å²) in [5, 5.41) is 0. The maximum atomic E-state index is 2.39. The van der Waals surface area contributed by atoms with Gasteiger partial charge >= 0.3 is 0 Å². The van der Waals surface area contributed by atoms with E-state index >= 15 is 0 Å². The zero-order valence-corrected chi connectivity index (χ0v) is 10.8. The minimum Gasteiger partial charge on any atom is -0.0654 e. The van der Waals surface area contributed by atoms with Crippen LogP contribution in [0.15, 0.2) is 0 Å². The van der Waals surface area contributed by atoms with Crippen molar-refractivity contribution >= 4 is 0 Å². The Kier molecular flexibility index (Phi) is 9.55. The third-order valence-electron chi connectivity index (χ3n) is 3.43. The molecule has 0 nitrogen and oxygen atoms in total. The van der Waals surface area contributed by atoms with Crippen molar-refractivity contribution in [2.45, 2.75) is 79.1 Å². The Morgan fingerprint density at radius 1 is 0.786 bits per heavy atom. The van der Waals surface area contributed by atoms with Crippen molar-refractivity contribution in [2.24, 2.45) is 11.8 Å². The quantitative estimate of drug-likeness (QED) is 0.464. The van der Waals surface area contributed by atoms with E-state index in [4.69, 9.17) is 0 Å². The van der Waals surface area contributed by atoms with Gasteiger partial charge in [0.1, 0.15) is 0 Å². The molecule has 0 amide bonds. The van der Waals surface area contributed by atoms with Crippen LogP contribution in [0, 0.1) is 11.8 Å². The molecule has 0 heterocycles. The molecular formula is C14H30. The predicted molar refractivity (Wildman–Crippen MR) is 66.6 cm³/mol. The first-order valence-electron chi connectivity index (χ1n) is 6.74. The van der Waals surface area contributed by atoms with Gasteiger partial charge in [0.15, 0.2) is 0 Å². The fraction of sp³-hybridized carbons (Fsp3) is 1.00. The summed E-state index contributed by atoms with van der Waals surface area (Å²) >= 11 is 0. The van der Waals surface area contributed by atoms with Crippen LogP contribution in [-0.2, 0) is 0 Å². The van der Waals surface area contributed by atoms with Crippen LogP contribution in [0.2, 0.25) is 0 Å². The minimum absolute atomic E-state index is 0.941. The lowest BCUT2D eigenvalue weighted by atomic mass is 9.89. The maximum Gasteiger partial charge on any atom is -0.0414 e. The molecule has 0 aromatic heterocycles. The summed E-state index contributed by atoms with van der Waals surface area (Å²) in [6.07, 6.45) is 11.4. The standard InChI is InChI=1S/C14H30/c1-5-8-10-14(9-6-2)12-11-13(4)7-3/h13-14H,5-12H2,1-4H3. The molecule has 0 aliphatic heterocycles. The average molecular weight is 198 g/mol. The van der Waals surface area contributed by atoms with Crippen molar-refractivity contribution in [1.29, 1.82) is 0 Å².